The number of fused-ring (bicyclic) bond motifs is 1. The van der Waals surface area contributed by atoms with Crippen LogP contribution in [0.5, 0.6) is 11.5 Å². The summed E-state index contributed by atoms with van der Waals surface area (Å²) in [5, 5.41) is 9.23. The Balaban J connectivity index is 1.32. The van der Waals surface area contributed by atoms with Crippen LogP contribution in [0, 0.1) is 5.82 Å². The molecule has 43 heavy (non-hydrogen) atoms. The molecule has 3 aromatic heterocycles. The van der Waals surface area contributed by atoms with Crippen LogP contribution in [-0.4, -0.2) is 38.1 Å². The second kappa shape index (κ2) is 12.6. The fourth-order valence-electron chi connectivity index (χ4n) is 4.76. The lowest BCUT2D eigenvalue weighted by Crippen LogP contribution is -2.23. The van der Waals surface area contributed by atoms with E-state index in [0.717, 1.165) is 29.8 Å². The van der Waals surface area contributed by atoms with E-state index in [-0.39, 0.29) is 11.3 Å². The molecule has 3 heterocycles. The van der Waals surface area contributed by atoms with Gasteiger partial charge in [-0.3, -0.25) is 4.79 Å². The first-order chi connectivity index (χ1) is 21.0. The Morgan fingerprint density at radius 3 is 2.47 bits per heavy atom. The smallest absolute Gasteiger partial charge is 0.291 e. The Hall–Kier alpha value is -4.83. The van der Waals surface area contributed by atoms with Crippen LogP contribution in [-0.2, 0) is 0 Å². The molecular formula is C33H30FN5O3S. The van der Waals surface area contributed by atoms with Gasteiger partial charge >= 0.3 is 0 Å². The number of ether oxygens (including phenoxy) is 2. The van der Waals surface area contributed by atoms with Crippen molar-refractivity contribution in [3.05, 3.63) is 105 Å². The van der Waals surface area contributed by atoms with Gasteiger partial charge in [0, 0.05) is 22.9 Å². The molecule has 8 nitrogen and oxygen atoms in total. The minimum atomic E-state index is -0.498. The second-order valence-corrected chi connectivity index (χ2v) is 11.1. The van der Waals surface area contributed by atoms with Crippen molar-refractivity contribution in [2.75, 3.05) is 13.7 Å². The van der Waals surface area contributed by atoms with Gasteiger partial charge in [0.05, 0.1) is 23.9 Å². The van der Waals surface area contributed by atoms with Crippen LogP contribution in [0.1, 0.15) is 38.2 Å². The van der Waals surface area contributed by atoms with E-state index in [1.54, 1.807) is 22.9 Å². The highest BCUT2D eigenvalue weighted by Crippen LogP contribution is 2.29. The Labute approximate surface area is 251 Å². The summed E-state index contributed by atoms with van der Waals surface area (Å²) in [4.78, 5) is 18.5. The Morgan fingerprint density at radius 2 is 1.74 bits per heavy atom. The van der Waals surface area contributed by atoms with Gasteiger partial charge in [0.1, 0.15) is 11.4 Å². The fraction of sp³-hybridized carbons (Fsp3) is 0.212. The van der Waals surface area contributed by atoms with Crippen LogP contribution in [0.2, 0.25) is 0 Å². The summed E-state index contributed by atoms with van der Waals surface area (Å²) in [6.45, 7) is 2.88. The van der Waals surface area contributed by atoms with Crippen molar-refractivity contribution in [2.45, 2.75) is 32.6 Å². The summed E-state index contributed by atoms with van der Waals surface area (Å²) in [5.74, 6) is 0.911. The van der Waals surface area contributed by atoms with Crippen LogP contribution in [0.25, 0.3) is 39.4 Å². The van der Waals surface area contributed by atoms with Crippen LogP contribution in [0.3, 0.4) is 0 Å². The summed E-state index contributed by atoms with van der Waals surface area (Å²) >= 11 is 1.24. The first kappa shape index (κ1) is 28.3. The molecule has 6 aromatic rings. The zero-order valence-electron chi connectivity index (χ0n) is 23.9. The summed E-state index contributed by atoms with van der Waals surface area (Å²) in [5.41, 5.74) is 3.08. The number of para-hydroxylation sites is 1. The van der Waals surface area contributed by atoms with E-state index in [1.165, 1.54) is 41.9 Å². The molecule has 0 saturated carbocycles. The number of rotatable bonds is 11. The summed E-state index contributed by atoms with van der Waals surface area (Å²) in [6.07, 6.45) is 8.18. The standard InChI is InChI=1S/C33H30FN5O3S/c1-3-4-5-9-18-42-26-15-12-22(13-16-26)31-35-33-39(37-31)32(40)29(43-33)20-24-21-38(25-10-7-6-8-11-25)36-30(24)23-14-17-28(41-2)27(34)19-23/h6-8,10-17,19-21H,3-5,9,18H2,1-2H3. The van der Waals surface area contributed by atoms with Crippen molar-refractivity contribution < 1.29 is 13.9 Å². The fourth-order valence-corrected chi connectivity index (χ4v) is 5.66. The summed E-state index contributed by atoms with van der Waals surface area (Å²) in [7, 11) is 1.42. The van der Waals surface area contributed by atoms with Crippen molar-refractivity contribution in [3.63, 3.8) is 0 Å². The zero-order valence-corrected chi connectivity index (χ0v) is 24.7. The molecule has 0 aliphatic rings. The third kappa shape index (κ3) is 6.05. The normalized spacial score (nSPS) is 11.8. The molecule has 0 aliphatic carbocycles. The van der Waals surface area contributed by atoms with Gasteiger partial charge < -0.3 is 9.47 Å². The molecule has 218 valence electrons. The molecule has 0 N–H and O–H groups in total. The molecule has 0 aliphatic heterocycles. The van der Waals surface area contributed by atoms with Crippen LogP contribution >= 0.6 is 11.3 Å². The van der Waals surface area contributed by atoms with Crippen LogP contribution in [0.4, 0.5) is 4.39 Å². The van der Waals surface area contributed by atoms with Crippen molar-refractivity contribution in [1.82, 2.24) is 24.4 Å². The van der Waals surface area contributed by atoms with Gasteiger partial charge in [-0.05, 0) is 67.1 Å². The van der Waals surface area contributed by atoms with E-state index in [2.05, 4.69) is 17.0 Å². The monoisotopic (exact) mass is 595 g/mol. The lowest BCUT2D eigenvalue weighted by Gasteiger charge is -2.06. The Kier molecular flexibility index (Phi) is 8.28. The second-order valence-electron chi connectivity index (χ2n) is 10.0. The van der Waals surface area contributed by atoms with E-state index >= 15 is 0 Å². The maximum Gasteiger partial charge on any atom is 0.291 e. The minimum absolute atomic E-state index is 0.143. The first-order valence-electron chi connectivity index (χ1n) is 14.2. The van der Waals surface area contributed by atoms with Crippen molar-refractivity contribution >= 4 is 22.4 Å². The SMILES string of the molecule is CCCCCCOc1ccc(-c2nc3sc(=Cc4cn(-c5ccccc5)nc4-c4ccc(OC)c(F)c4)c(=O)n3n2)cc1. The molecular weight excluding hydrogens is 565 g/mol. The highest BCUT2D eigenvalue weighted by Gasteiger charge is 2.16. The van der Waals surface area contributed by atoms with E-state index in [4.69, 9.17) is 14.6 Å². The van der Waals surface area contributed by atoms with Crippen molar-refractivity contribution in [1.29, 1.82) is 0 Å². The van der Waals surface area contributed by atoms with Crippen molar-refractivity contribution in [2.24, 2.45) is 0 Å². The average Bonchev–Trinajstić information content (AvgIpc) is 3.73. The molecule has 0 unspecified atom stereocenters. The molecule has 0 atom stereocenters. The van der Waals surface area contributed by atoms with Gasteiger partial charge in [-0.1, -0.05) is 55.7 Å². The van der Waals surface area contributed by atoms with Crippen LogP contribution < -0.4 is 19.6 Å². The number of halogens is 1. The molecule has 0 spiro atoms. The lowest BCUT2D eigenvalue weighted by molar-refractivity contribution is 0.305. The van der Waals surface area contributed by atoms with Gasteiger partial charge in [-0.2, -0.15) is 14.6 Å². The van der Waals surface area contributed by atoms with Crippen molar-refractivity contribution in [3.8, 4) is 39.8 Å². The number of nitrogens with zero attached hydrogens (tertiary/aromatic N) is 5. The number of thiazole rings is 1. The topological polar surface area (TPSA) is 83.5 Å². The van der Waals surface area contributed by atoms with Gasteiger partial charge in [-0.15, -0.1) is 5.10 Å². The lowest BCUT2D eigenvalue weighted by atomic mass is 10.1. The number of methoxy groups -OCH3 is 1. The molecule has 6 rings (SSSR count). The summed E-state index contributed by atoms with van der Waals surface area (Å²) in [6, 6.07) is 21.9. The Morgan fingerprint density at radius 1 is 0.953 bits per heavy atom. The van der Waals surface area contributed by atoms with Gasteiger partial charge in [0.2, 0.25) is 4.96 Å². The molecule has 0 saturated heterocycles. The van der Waals surface area contributed by atoms with E-state index < -0.39 is 5.82 Å². The van der Waals surface area contributed by atoms with Gasteiger partial charge in [0.15, 0.2) is 17.4 Å². The van der Waals surface area contributed by atoms with E-state index in [1.807, 2.05) is 60.8 Å². The number of benzene rings is 3. The van der Waals surface area contributed by atoms with E-state index in [0.29, 0.717) is 38.7 Å². The third-order valence-corrected chi connectivity index (χ3v) is 8.00. The predicted molar refractivity (Wildman–Crippen MR) is 167 cm³/mol. The van der Waals surface area contributed by atoms with Gasteiger partial charge in [-0.25, -0.2) is 9.07 Å². The number of unbranched alkanes of at least 4 members (excludes halogenated alkanes) is 3. The maximum absolute atomic E-state index is 14.6. The maximum atomic E-state index is 14.6. The predicted octanol–water partition coefficient (Wildman–Crippen LogP) is 6.33. The largest absolute Gasteiger partial charge is 0.494 e. The highest BCUT2D eigenvalue weighted by atomic mass is 32.1. The number of hydrogen-bond donors (Lipinski definition) is 0. The summed E-state index contributed by atoms with van der Waals surface area (Å²) < 4.78 is 29.0. The van der Waals surface area contributed by atoms with E-state index in [9.17, 15) is 9.18 Å². The first-order valence-corrected chi connectivity index (χ1v) is 15.0. The number of hydrogen-bond acceptors (Lipinski definition) is 7. The molecule has 0 radical (unpaired) electrons. The average molecular weight is 596 g/mol. The quantitative estimate of drug-likeness (QED) is 0.163. The Bertz CT molecular complexity index is 1970. The zero-order chi connectivity index (χ0) is 29.8. The third-order valence-electron chi connectivity index (χ3n) is 7.04. The molecule has 0 bridgehead atoms. The molecule has 0 fully saturated rings. The van der Waals surface area contributed by atoms with Crippen LogP contribution in [0.15, 0.2) is 83.8 Å². The molecule has 3 aromatic carbocycles. The number of aromatic nitrogens is 5. The molecule has 0 amide bonds. The minimum Gasteiger partial charge on any atom is -0.494 e. The highest BCUT2D eigenvalue weighted by molar-refractivity contribution is 7.15. The molecule has 10 heteroatoms. The van der Waals surface area contributed by atoms with Gasteiger partial charge in [0.25, 0.3) is 5.56 Å².